The average Bonchev–Trinajstić information content (AvgIpc) is 3.10. The fourth-order valence-electron chi connectivity index (χ4n) is 3.00. The Labute approximate surface area is 111 Å². The van der Waals surface area contributed by atoms with E-state index in [0.717, 1.165) is 12.1 Å². The Morgan fingerprint density at radius 3 is 2.65 bits per heavy atom. The maximum absolute atomic E-state index is 3.73. The monoisotopic (exact) mass is 256 g/mol. The predicted molar refractivity (Wildman–Crippen MR) is 77.8 cm³/mol. The average molecular weight is 256 g/mol. The minimum atomic E-state index is 0.627. The van der Waals surface area contributed by atoms with Crippen LogP contribution in [-0.4, -0.2) is 47.6 Å². The first kappa shape index (κ1) is 13.7. The molecule has 0 radical (unpaired) electrons. The standard InChI is InChI=1S/C14H28N2S/c1-4-6-12-10-16(13(5-2)9-15-12)11-14(17-3)7-8-14/h12-13,15H,4-11H2,1-3H3. The second-order valence-corrected chi connectivity index (χ2v) is 7.05. The van der Waals surface area contributed by atoms with Crippen LogP contribution in [0.2, 0.25) is 0 Å². The van der Waals surface area contributed by atoms with E-state index < -0.39 is 0 Å². The smallest absolute Gasteiger partial charge is 0.0285 e. The van der Waals surface area contributed by atoms with Gasteiger partial charge in [0.05, 0.1) is 0 Å². The summed E-state index contributed by atoms with van der Waals surface area (Å²) in [6.45, 7) is 8.43. The summed E-state index contributed by atoms with van der Waals surface area (Å²) in [7, 11) is 0. The largest absolute Gasteiger partial charge is 0.311 e. The quantitative estimate of drug-likeness (QED) is 0.787. The summed E-state index contributed by atoms with van der Waals surface area (Å²) >= 11 is 2.10. The third-order valence-electron chi connectivity index (χ3n) is 4.45. The highest BCUT2D eigenvalue weighted by Gasteiger charge is 2.44. The topological polar surface area (TPSA) is 15.3 Å². The van der Waals surface area contributed by atoms with E-state index in [2.05, 4.69) is 42.1 Å². The molecule has 1 N–H and O–H groups in total. The van der Waals surface area contributed by atoms with Gasteiger partial charge < -0.3 is 5.32 Å². The first-order valence-electron chi connectivity index (χ1n) is 7.25. The maximum Gasteiger partial charge on any atom is 0.0285 e. The van der Waals surface area contributed by atoms with E-state index in [0.29, 0.717) is 4.75 Å². The van der Waals surface area contributed by atoms with Crippen LogP contribution >= 0.6 is 11.8 Å². The second kappa shape index (κ2) is 5.94. The van der Waals surface area contributed by atoms with E-state index >= 15 is 0 Å². The van der Waals surface area contributed by atoms with E-state index in [9.17, 15) is 0 Å². The fraction of sp³-hybridized carbons (Fsp3) is 1.00. The molecular weight excluding hydrogens is 228 g/mol. The number of nitrogens with zero attached hydrogens (tertiary/aromatic N) is 1. The van der Waals surface area contributed by atoms with Gasteiger partial charge in [-0.25, -0.2) is 0 Å². The molecule has 2 nitrogen and oxygen atoms in total. The van der Waals surface area contributed by atoms with Gasteiger partial charge in [-0.1, -0.05) is 20.3 Å². The molecule has 2 atom stereocenters. The lowest BCUT2D eigenvalue weighted by Gasteiger charge is -2.41. The van der Waals surface area contributed by atoms with Gasteiger partial charge in [0.15, 0.2) is 0 Å². The molecule has 2 aliphatic rings. The van der Waals surface area contributed by atoms with Gasteiger partial charge in [-0.15, -0.1) is 0 Å². The molecule has 1 heterocycles. The van der Waals surface area contributed by atoms with Crippen molar-refractivity contribution in [3.8, 4) is 0 Å². The van der Waals surface area contributed by atoms with Gasteiger partial charge in [0.25, 0.3) is 0 Å². The Morgan fingerprint density at radius 1 is 1.35 bits per heavy atom. The molecule has 0 aromatic heterocycles. The van der Waals surface area contributed by atoms with Crippen LogP contribution in [0.4, 0.5) is 0 Å². The summed E-state index contributed by atoms with van der Waals surface area (Å²) in [6, 6.07) is 1.51. The van der Waals surface area contributed by atoms with E-state index in [-0.39, 0.29) is 0 Å². The molecule has 0 bridgehead atoms. The Balaban J connectivity index is 1.90. The molecule has 1 saturated heterocycles. The summed E-state index contributed by atoms with van der Waals surface area (Å²) < 4.78 is 0.627. The van der Waals surface area contributed by atoms with Crippen molar-refractivity contribution in [3.05, 3.63) is 0 Å². The van der Waals surface area contributed by atoms with Crippen molar-refractivity contribution in [3.63, 3.8) is 0 Å². The number of piperazine rings is 1. The molecular formula is C14H28N2S. The molecule has 1 saturated carbocycles. The summed E-state index contributed by atoms with van der Waals surface area (Å²) in [5.74, 6) is 0. The molecule has 2 fully saturated rings. The number of hydrogen-bond donors (Lipinski definition) is 1. The molecule has 0 aromatic rings. The summed E-state index contributed by atoms with van der Waals surface area (Å²) in [5.41, 5.74) is 0. The highest BCUT2D eigenvalue weighted by molar-refractivity contribution is 8.00. The molecule has 100 valence electrons. The van der Waals surface area contributed by atoms with Gasteiger partial charge in [-0.05, 0) is 31.9 Å². The molecule has 2 rings (SSSR count). The van der Waals surface area contributed by atoms with Crippen molar-refractivity contribution in [2.75, 3.05) is 25.9 Å². The Morgan fingerprint density at radius 2 is 2.12 bits per heavy atom. The zero-order valence-electron chi connectivity index (χ0n) is 11.7. The summed E-state index contributed by atoms with van der Waals surface area (Å²) in [4.78, 5) is 2.78. The summed E-state index contributed by atoms with van der Waals surface area (Å²) in [6.07, 6.45) is 9.09. The number of hydrogen-bond acceptors (Lipinski definition) is 3. The van der Waals surface area contributed by atoms with Crippen LogP contribution < -0.4 is 5.32 Å². The maximum atomic E-state index is 3.73. The number of thioether (sulfide) groups is 1. The minimum Gasteiger partial charge on any atom is -0.311 e. The third-order valence-corrected chi connectivity index (χ3v) is 5.86. The lowest BCUT2D eigenvalue weighted by Crippen LogP contribution is -2.57. The van der Waals surface area contributed by atoms with Crippen molar-refractivity contribution in [1.82, 2.24) is 10.2 Å². The fourth-order valence-corrected chi connectivity index (χ4v) is 3.81. The third kappa shape index (κ3) is 3.39. The van der Waals surface area contributed by atoms with Crippen molar-refractivity contribution in [2.45, 2.75) is 62.8 Å². The Kier molecular flexibility index (Phi) is 4.79. The van der Waals surface area contributed by atoms with Crippen molar-refractivity contribution < 1.29 is 0 Å². The van der Waals surface area contributed by atoms with Gasteiger partial charge in [-0.3, -0.25) is 4.90 Å². The van der Waals surface area contributed by atoms with Crippen molar-refractivity contribution >= 4 is 11.8 Å². The van der Waals surface area contributed by atoms with E-state index in [1.165, 1.54) is 51.7 Å². The van der Waals surface area contributed by atoms with Crippen LogP contribution in [0.25, 0.3) is 0 Å². The lowest BCUT2D eigenvalue weighted by molar-refractivity contribution is 0.121. The highest BCUT2D eigenvalue weighted by Crippen LogP contribution is 2.48. The zero-order chi connectivity index (χ0) is 12.3. The van der Waals surface area contributed by atoms with Gasteiger partial charge >= 0.3 is 0 Å². The molecule has 0 amide bonds. The number of nitrogens with one attached hydrogen (secondary N) is 1. The normalized spacial score (nSPS) is 32.6. The lowest BCUT2D eigenvalue weighted by atomic mass is 10.0. The van der Waals surface area contributed by atoms with E-state index in [1.807, 2.05) is 0 Å². The SMILES string of the molecule is CCCC1CN(CC2(SC)CC2)C(CC)CN1. The minimum absolute atomic E-state index is 0.627. The van der Waals surface area contributed by atoms with Crippen LogP contribution in [0, 0.1) is 0 Å². The van der Waals surface area contributed by atoms with E-state index in [1.54, 1.807) is 0 Å². The molecule has 1 aliphatic heterocycles. The zero-order valence-corrected chi connectivity index (χ0v) is 12.5. The second-order valence-electron chi connectivity index (χ2n) is 5.77. The molecule has 3 heteroatoms. The van der Waals surface area contributed by atoms with Gasteiger partial charge in [0.2, 0.25) is 0 Å². The van der Waals surface area contributed by atoms with Crippen LogP contribution in [0.5, 0.6) is 0 Å². The Hall–Kier alpha value is 0.270. The first-order chi connectivity index (χ1) is 8.23. The summed E-state index contributed by atoms with van der Waals surface area (Å²) in [5, 5.41) is 3.73. The van der Waals surface area contributed by atoms with E-state index in [4.69, 9.17) is 0 Å². The van der Waals surface area contributed by atoms with Crippen LogP contribution in [0.3, 0.4) is 0 Å². The van der Waals surface area contributed by atoms with Crippen LogP contribution in [-0.2, 0) is 0 Å². The number of rotatable bonds is 6. The molecule has 0 aromatic carbocycles. The molecule has 0 spiro atoms. The van der Waals surface area contributed by atoms with Gasteiger partial charge in [0.1, 0.15) is 0 Å². The molecule has 2 unspecified atom stereocenters. The van der Waals surface area contributed by atoms with Gasteiger partial charge in [0, 0.05) is 36.5 Å². The van der Waals surface area contributed by atoms with Crippen LogP contribution in [0.1, 0.15) is 46.0 Å². The highest BCUT2D eigenvalue weighted by atomic mass is 32.2. The van der Waals surface area contributed by atoms with Gasteiger partial charge in [-0.2, -0.15) is 11.8 Å². The molecule has 17 heavy (non-hydrogen) atoms. The Bertz CT molecular complexity index is 240. The van der Waals surface area contributed by atoms with Crippen molar-refractivity contribution in [2.24, 2.45) is 0 Å². The van der Waals surface area contributed by atoms with Crippen molar-refractivity contribution in [1.29, 1.82) is 0 Å². The molecule has 1 aliphatic carbocycles. The predicted octanol–water partition coefficient (Wildman–Crippen LogP) is 2.73. The first-order valence-corrected chi connectivity index (χ1v) is 8.48. The van der Waals surface area contributed by atoms with Crippen LogP contribution in [0.15, 0.2) is 0 Å².